The Morgan fingerprint density at radius 3 is 2.62 bits per heavy atom. The third-order valence-electron chi connectivity index (χ3n) is 3.08. The van der Waals surface area contributed by atoms with Crippen molar-refractivity contribution in [2.45, 2.75) is 6.42 Å². The molecule has 2 aromatic rings. The Morgan fingerprint density at radius 2 is 1.96 bits per heavy atom. The van der Waals surface area contributed by atoms with Crippen LogP contribution in [0.5, 0.6) is 5.75 Å². The molecule has 0 atom stereocenters. The Labute approximate surface area is 146 Å². The number of hydrogen-bond donors (Lipinski definition) is 1. The van der Waals surface area contributed by atoms with Gasteiger partial charge in [-0.25, -0.2) is 4.39 Å². The molecule has 2 rings (SSSR count). The number of anilines is 1. The lowest BCUT2D eigenvalue weighted by Gasteiger charge is -2.08. The highest BCUT2D eigenvalue weighted by Crippen LogP contribution is 2.21. The molecule has 2 aromatic carbocycles. The Bertz CT molecular complexity index is 751. The van der Waals surface area contributed by atoms with Crippen molar-refractivity contribution in [3.05, 3.63) is 58.3 Å². The molecule has 5 nitrogen and oxygen atoms in total. The number of benzene rings is 2. The smallest absolute Gasteiger partial charge is 0.310 e. The fraction of sp³-hybridized carbons (Fsp3) is 0.176. The number of ether oxygens (including phenoxy) is 2. The monoisotopic (exact) mass is 395 g/mol. The number of nitrogens with one attached hydrogen (secondary N) is 1. The summed E-state index contributed by atoms with van der Waals surface area (Å²) in [7, 11) is 1.36. The molecular formula is C17H15BrFNO4. The minimum absolute atomic E-state index is 0.0972. The number of halogens is 2. The first-order valence-electron chi connectivity index (χ1n) is 7.02. The molecule has 0 radical (unpaired) electrons. The minimum atomic E-state index is -0.623. The van der Waals surface area contributed by atoms with Gasteiger partial charge < -0.3 is 14.8 Å². The summed E-state index contributed by atoms with van der Waals surface area (Å²) in [5, 5.41) is 2.61. The summed E-state index contributed by atoms with van der Waals surface area (Å²) in [4.78, 5) is 23.5. The maximum Gasteiger partial charge on any atom is 0.310 e. The van der Waals surface area contributed by atoms with E-state index in [9.17, 15) is 14.0 Å². The van der Waals surface area contributed by atoms with Crippen LogP contribution in [0.4, 0.5) is 10.1 Å². The topological polar surface area (TPSA) is 64.6 Å². The van der Waals surface area contributed by atoms with E-state index >= 15 is 0 Å². The van der Waals surface area contributed by atoms with Crippen molar-refractivity contribution >= 4 is 33.5 Å². The quantitative estimate of drug-likeness (QED) is 0.761. The van der Waals surface area contributed by atoms with Crippen molar-refractivity contribution in [3.63, 3.8) is 0 Å². The van der Waals surface area contributed by atoms with Crippen LogP contribution < -0.4 is 10.1 Å². The highest BCUT2D eigenvalue weighted by atomic mass is 79.9. The van der Waals surface area contributed by atoms with Gasteiger partial charge in [0, 0.05) is 4.47 Å². The average Bonchev–Trinajstić information content (AvgIpc) is 2.55. The second kappa shape index (κ2) is 8.44. The number of rotatable bonds is 6. The number of carbonyl (C=O) groups excluding carboxylic acids is 2. The maximum atomic E-state index is 13.5. The molecule has 1 N–H and O–H groups in total. The summed E-state index contributed by atoms with van der Waals surface area (Å²) >= 11 is 3.30. The number of esters is 1. The normalized spacial score (nSPS) is 10.1. The second-order valence-corrected chi connectivity index (χ2v) is 5.69. The summed E-state index contributed by atoms with van der Waals surface area (Å²) in [5.74, 6) is -1.55. The van der Waals surface area contributed by atoms with Crippen LogP contribution in [-0.4, -0.2) is 25.6 Å². The molecular weight excluding hydrogens is 381 g/mol. The predicted octanol–water partition coefficient (Wildman–Crippen LogP) is 3.32. The maximum absolute atomic E-state index is 13.5. The number of hydrogen-bond acceptors (Lipinski definition) is 4. The third-order valence-corrected chi connectivity index (χ3v) is 3.77. The van der Waals surface area contributed by atoms with Crippen LogP contribution in [0.2, 0.25) is 0 Å². The lowest BCUT2D eigenvalue weighted by Crippen LogP contribution is -2.21. The first kappa shape index (κ1) is 17.9. The molecule has 0 aliphatic rings. The van der Waals surface area contributed by atoms with Crippen molar-refractivity contribution in [1.82, 2.24) is 0 Å². The molecule has 0 unspecified atom stereocenters. The fourth-order valence-corrected chi connectivity index (χ4v) is 2.32. The fourth-order valence-electron chi connectivity index (χ4n) is 1.93. The van der Waals surface area contributed by atoms with Crippen LogP contribution in [-0.2, 0) is 20.7 Å². The van der Waals surface area contributed by atoms with E-state index in [2.05, 4.69) is 21.2 Å². The Balaban J connectivity index is 1.83. The zero-order valence-corrected chi connectivity index (χ0v) is 14.4. The van der Waals surface area contributed by atoms with Gasteiger partial charge in [0.15, 0.2) is 18.2 Å². The molecule has 0 aromatic heterocycles. The van der Waals surface area contributed by atoms with E-state index < -0.39 is 24.3 Å². The van der Waals surface area contributed by atoms with E-state index in [1.54, 1.807) is 24.3 Å². The Kier molecular flexibility index (Phi) is 6.31. The number of carbonyl (C=O) groups is 2. The van der Waals surface area contributed by atoms with Gasteiger partial charge in [0.25, 0.3) is 5.91 Å². The summed E-state index contributed by atoms with van der Waals surface area (Å²) in [6, 6.07) is 11.3. The van der Waals surface area contributed by atoms with Crippen molar-refractivity contribution in [1.29, 1.82) is 0 Å². The van der Waals surface area contributed by atoms with Crippen LogP contribution in [0.1, 0.15) is 5.56 Å². The first-order valence-corrected chi connectivity index (χ1v) is 7.81. The van der Waals surface area contributed by atoms with Crippen LogP contribution in [0.15, 0.2) is 46.9 Å². The molecule has 0 saturated carbocycles. The van der Waals surface area contributed by atoms with Crippen LogP contribution in [0.25, 0.3) is 0 Å². The largest absolute Gasteiger partial charge is 0.494 e. The summed E-state index contributed by atoms with van der Waals surface area (Å²) in [5.41, 5.74) is 1.01. The van der Waals surface area contributed by atoms with Gasteiger partial charge in [0.1, 0.15) is 0 Å². The molecule has 1 amide bonds. The van der Waals surface area contributed by atoms with Crippen molar-refractivity contribution in [3.8, 4) is 5.75 Å². The van der Waals surface area contributed by atoms with Gasteiger partial charge in [-0.1, -0.05) is 18.2 Å². The second-order valence-electron chi connectivity index (χ2n) is 4.83. The van der Waals surface area contributed by atoms with Gasteiger partial charge in [-0.15, -0.1) is 0 Å². The van der Waals surface area contributed by atoms with Crippen molar-refractivity contribution in [2.24, 2.45) is 0 Å². The van der Waals surface area contributed by atoms with Crippen molar-refractivity contribution < 1.29 is 23.5 Å². The first-order chi connectivity index (χ1) is 11.5. The van der Waals surface area contributed by atoms with Crippen LogP contribution in [0.3, 0.4) is 0 Å². The third kappa shape index (κ3) is 5.06. The Hall–Kier alpha value is -2.41. The molecule has 126 valence electrons. The molecule has 0 fully saturated rings. The number of methoxy groups -OCH3 is 1. The summed E-state index contributed by atoms with van der Waals surface area (Å²) in [6.45, 7) is -0.418. The van der Waals surface area contributed by atoms with E-state index in [-0.39, 0.29) is 12.2 Å². The number of amides is 1. The van der Waals surface area contributed by atoms with Gasteiger partial charge in [-0.3, -0.25) is 9.59 Å². The van der Waals surface area contributed by atoms with E-state index in [0.29, 0.717) is 11.3 Å². The highest BCUT2D eigenvalue weighted by molar-refractivity contribution is 9.10. The van der Waals surface area contributed by atoms with Gasteiger partial charge in [-0.2, -0.15) is 0 Å². The van der Waals surface area contributed by atoms with E-state index in [1.165, 1.54) is 19.2 Å². The molecule has 0 aliphatic heterocycles. The van der Waals surface area contributed by atoms with Gasteiger partial charge >= 0.3 is 5.97 Å². The van der Waals surface area contributed by atoms with Crippen molar-refractivity contribution in [2.75, 3.05) is 19.0 Å². The predicted molar refractivity (Wildman–Crippen MR) is 90.4 cm³/mol. The summed E-state index contributed by atoms with van der Waals surface area (Å²) in [6.07, 6.45) is -0.136. The average molecular weight is 396 g/mol. The minimum Gasteiger partial charge on any atom is -0.494 e. The van der Waals surface area contributed by atoms with E-state index in [0.717, 1.165) is 4.47 Å². The zero-order chi connectivity index (χ0) is 17.5. The molecule has 0 heterocycles. The lowest BCUT2D eigenvalue weighted by molar-refractivity contribution is -0.146. The molecule has 0 aliphatic carbocycles. The standard InChI is InChI=1S/C17H15BrFNO4/c1-23-15-7-6-11(8-13(15)19)9-17(22)24-10-16(21)20-14-5-3-2-4-12(14)18/h2-8H,9-10H2,1H3,(H,20,21). The molecule has 0 spiro atoms. The molecule has 0 saturated heterocycles. The van der Waals surface area contributed by atoms with Gasteiger partial charge in [0.2, 0.25) is 0 Å². The Morgan fingerprint density at radius 1 is 1.21 bits per heavy atom. The van der Waals surface area contributed by atoms with Gasteiger partial charge in [-0.05, 0) is 45.8 Å². The van der Waals surface area contributed by atoms with E-state index in [1.807, 2.05) is 6.07 Å². The molecule has 0 bridgehead atoms. The van der Waals surface area contributed by atoms with E-state index in [4.69, 9.17) is 9.47 Å². The summed E-state index contributed by atoms with van der Waals surface area (Å²) < 4.78 is 24.0. The van der Waals surface area contributed by atoms with Crippen LogP contribution >= 0.6 is 15.9 Å². The van der Waals surface area contributed by atoms with Gasteiger partial charge in [0.05, 0.1) is 19.2 Å². The zero-order valence-electron chi connectivity index (χ0n) is 12.8. The number of para-hydroxylation sites is 1. The highest BCUT2D eigenvalue weighted by Gasteiger charge is 2.11. The SMILES string of the molecule is COc1ccc(CC(=O)OCC(=O)Nc2ccccc2Br)cc1F. The molecule has 24 heavy (non-hydrogen) atoms. The van der Waals surface area contributed by atoms with Crippen LogP contribution in [0, 0.1) is 5.82 Å². The lowest BCUT2D eigenvalue weighted by atomic mass is 10.1. The molecule has 7 heteroatoms.